The summed E-state index contributed by atoms with van der Waals surface area (Å²) >= 11 is 6.16. The molecular formula is C28H32ClN9O4. The van der Waals surface area contributed by atoms with Gasteiger partial charge in [-0.1, -0.05) is 24.9 Å². The van der Waals surface area contributed by atoms with Crippen molar-refractivity contribution in [3.05, 3.63) is 65.1 Å². The average molecular weight is 594 g/mol. The zero-order valence-corrected chi connectivity index (χ0v) is 23.8. The first-order chi connectivity index (χ1) is 20.2. The van der Waals surface area contributed by atoms with Crippen LogP contribution in [0.5, 0.6) is 0 Å². The second-order valence-corrected chi connectivity index (χ2v) is 10.1. The number of amides is 3. The number of anilines is 3. The molecule has 0 aliphatic carbocycles. The number of hydrazone groups is 1. The molecule has 4 rings (SSSR count). The summed E-state index contributed by atoms with van der Waals surface area (Å²) in [5.74, 6) is 10.9. The number of nitrogens with two attached hydrogens (primary N) is 2. The maximum Gasteiger partial charge on any atom is 0.411 e. The lowest BCUT2D eigenvalue weighted by Crippen LogP contribution is -2.30. The molecule has 0 unspecified atom stereocenters. The number of hydrogen-bond donors (Lipinski definition) is 6. The molecule has 0 saturated heterocycles. The largest absolute Gasteiger partial charge is 0.453 e. The van der Waals surface area contributed by atoms with Gasteiger partial charge < -0.3 is 26.2 Å². The van der Waals surface area contributed by atoms with Crippen molar-refractivity contribution < 1.29 is 19.1 Å². The number of hydrazine groups is 1. The van der Waals surface area contributed by atoms with Crippen LogP contribution >= 0.6 is 11.6 Å². The van der Waals surface area contributed by atoms with Crippen molar-refractivity contribution in [2.75, 3.05) is 22.8 Å². The Morgan fingerprint density at radius 1 is 1.24 bits per heavy atom. The van der Waals surface area contributed by atoms with Gasteiger partial charge in [0, 0.05) is 40.0 Å². The van der Waals surface area contributed by atoms with Gasteiger partial charge in [-0.2, -0.15) is 5.10 Å². The summed E-state index contributed by atoms with van der Waals surface area (Å²) in [6, 6.07) is 9.62. The fraction of sp³-hybridized carbons (Fsp3) is 0.250. The minimum absolute atomic E-state index is 0.169. The number of imidazole rings is 1. The van der Waals surface area contributed by atoms with E-state index in [4.69, 9.17) is 28.3 Å². The number of hydrogen-bond acceptors (Lipinski definition) is 8. The maximum atomic E-state index is 13.1. The first-order valence-electron chi connectivity index (χ1n) is 13.1. The molecule has 1 aromatic heterocycles. The van der Waals surface area contributed by atoms with E-state index in [1.807, 2.05) is 6.92 Å². The standard InChI is InChI=1S/C28H32ClN9O4/c1-16-4-3-5-21(35-25(39)11-6-17-12-18(29)7-10-24(17)38(31)15-33-30)26-32-14-23(36-26)20-9-8-19(34-28(41)42-2)13-22(20)37-27(16)40/h6-16,21H,3-5,30-31H2,1-2H3,(H,32,36)(H,34,41)(H,35,39)(H,37,40)/b11-6+,33-15-/t16-,21+/m1/s1. The van der Waals surface area contributed by atoms with E-state index in [1.165, 1.54) is 24.5 Å². The van der Waals surface area contributed by atoms with Gasteiger partial charge in [0.25, 0.3) is 0 Å². The van der Waals surface area contributed by atoms with Gasteiger partial charge in [0.1, 0.15) is 12.2 Å². The number of halogens is 1. The number of methoxy groups -OCH3 is 1. The summed E-state index contributed by atoms with van der Waals surface area (Å²) in [5.41, 5.74) is 3.24. The van der Waals surface area contributed by atoms with Gasteiger partial charge in [-0.3, -0.25) is 19.9 Å². The molecule has 1 aliphatic rings. The van der Waals surface area contributed by atoms with E-state index in [0.29, 0.717) is 64.0 Å². The molecule has 0 saturated carbocycles. The van der Waals surface area contributed by atoms with Gasteiger partial charge in [0.2, 0.25) is 11.8 Å². The van der Waals surface area contributed by atoms with Crippen molar-refractivity contribution in [3.63, 3.8) is 0 Å². The molecule has 220 valence electrons. The Morgan fingerprint density at radius 3 is 2.81 bits per heavy atom. The second-order valence-electron chi connectivity index (χ2n) is 9.64. The highest BCUT2D eigenvalue weighted by Gasteiger charge is 2.23. The van der Waals surface area contributed by atoms with Crippen LogP contribution in [0.2, 0.25) is 5.02 Å². The number of nitrogens with zero attached hydrogens (tertiary/aromatic N) is 3. The molecule has 0 spiro atoms. The number of nitrogens with one attached hydrogen (secondary N) is 4. The molecule has 42 heavy (non-hydrogen) atoms. The Morgan fingerprint density at radius 2 is 2.05 bits per heavy atom. The van der Waals surface area contributed by atoms with Gasteiger partial charge in [0.15, 0.2) is 0 Å². The Hall–Kier alpha value is -4.88. The second kappa shape index (κ2) is 13.7. The van der Waals surface area contributed by atoms with Crippen LogP contribution in [0.3, 0.4) is 0 Å². The highest BCUT2D eigenvalue weighted by molar-refractivity contribution is 6.30. The van der Waals surface area contributed by atoms with Crippen LogP contribution in [0.25, 0.3) is 17.3 Å². The maximum absolute atomic E-state index is 13.1. The molecule has 2 atom stereocenters. The summed E-state index contributed by atoms with van der Waals surface area (Å²) in [6.07, 6.45) is 7.05. The average Bonchev–Trinajstić information content (AvgIpc) is 3.45. The molecule has 2 aromatic carbocycles. The van der Waals surface area contributed by atoms with Crippen molar-refractivity contribution in [2.24, 2.45) is 22.7 Å². The van der Waals surface area contributed by atoms with Crippen LogP contribution in [0.1, 0.15) is 43.6 Å². The fourth-order valence-corrected chi connectivity index (χ4v) is 4.66. The van der Waals surface area contributed by atoms with E-state index in [2.05, 4.69) is 30.8 Å². The number of aromatic amines is 1. The van der Waals surface area contributed by atoms with Crippen molar-refractivity contribution in [1.29, 1.82) is 0 Å². The zero-order valence-electron chi connectivity index (χ0n) is 23.1. The Bertz CT molecular complexity index is 1520. The number of H-pyrrole nitrogens is 1. The van der Waals surface area contributed by atoms with Crippen molar-refractivity contribution in [1.82, 2.24) is 15.3 Å². The summed E-state index contributed by atoms with van der Waals surface area (Å²) in [7, 11) is 1.27. The summed E-state index contributed by atoms with van der Waals surface area (Å²) in [4.78, 5) is 45.7. The third kappa shape index (κ3) is 7.44. The summed E-state index contributed by atoms with van der Waals surface area (Å²) in [5, 5.41) is 13.7. The molecule has 14 heteroatoms. The molecule has 8 N–H and O–H groups in total. The summed E-state index contributed by atoms with van der Waals surface area (Å²) in [6.45, 7) is 1.84. The summed E-state index contributed by atoms with van der Waals surface area (Å²) < 4.78 is 4.67. The van der Waals surface area contributed by atoms with Crippen LogP contribution in [0.15, 0.2) is 53.8 Å². The molecule has 1 aliphatic heterocycles. The van der Waals surface area contributed by atoms with Gasteiger partial charge in [-0.25, -0.2) is 15.6 Å². The highest BCUT2D eigenvalue weighted by Crippen LogP contribution is 2.33. The van der Waals surface area contributed by atoms with Crippen molar-refractivity contribution >= 4 is 59.0 Å². The lowest BCUT2D eigenvalue weighted by atomic mass is 9.99. The number of fused-ring (bicyclic) bond motifs is 4. The van der Waals surface area contributed by atoms with Gasteiger partial charge in [-0.15, -0.1) is 0 Å². The zero-order chi connectivity index (χ0) is 30.2. The predicted octanol–water partition coefficient (Wildman–Crippen LogP) is 4.12. The number of benzene rings is 2. The quantitative estimate of drug-likeness (QED) is 0.0807. The van der Waals surface area contributed by atoms with Crippen LogP contribution in [0, 0.1) is 5.92 Å². The van der Waals surface area contributed by atoms with E-state index in [0.717, 1.165) is 0 Å². The molecule has 2 heterocycles. The fourth-order valence-electron chi connectivity index (χ4n) is 4.48. The third-order valence-electron chi connectivity index (χ3n) is 6.68. The predicted molar refractivity (Wildman–Crippen MR) is 162 cm³/mol. The first-order valence-corrected chi connectivity index (χ1v) is 13.5. The minimum Gasteiger partial charge on any atom is -0.453 e. The molecule has 13 nitrogen and oxygen atoms in total. The molecule has 0 radical (unpaired) electrons. The molecular weight excluding hydrogens is 562 g/mol. The number of carbonyl (C=O) groups excluding carboxylic acids is 3. The Labute approximate surface area is 247 Å². The number of carbonyl (C=O) groups is 3. The molecule has 2 bridgehead atoms. The monoisotopic (exact) mass is 593 g/mol. The Kier molecular flexibility index (Phi) is 9.78. The van der Waals surface area contributed by atoms with Gasteiger partial charge in [-0.05, 0) is 55.3 Å². The van der Waals surface area contributed by atoms with Crippen LogP contribution in [-0.2, 0) is 14.3 Å². The molecule has 0 fully saturated rings. The van der Waals surface area contributed by atoms with Crippen LogP contribution in [0.4, 0.5) is 21.9 Å². The number of rotatable bonds is 6. The van der Waals surface area contributed by atoms with E-state index in [-0.39, 0.29) is 17.7 Å². The van der Waals surface area contributed by atoms with Crippen LogP contribution in [-0.4, -0.2) is 41.3 Å². The van der Waals surface area contributed by atoms with E-state index < -0.39 is 12.1 Å². The van der Waals surface area contributed by atoms with Crippen LogP contribution < -0.4 is 32.6 Å². The van der Waals surface area contributed by atoms with Gasteiger partial charge >= 0.3 is 6.09 Å². The van der Waals surface area contributed by atoms with E-state index in [1.54, 1.807) is 48.7 Å². The topological polar surface area (TPSA) is 193 Å². The lowest BCUT2D eigenvalue weighted by molar-refractivity contribution is -0.120. The minimum atomic E-state index is -0.631. The third-order valence-corrected chi connectivity index (χ3v) is 6.92. The SMILES string of the molecule is COC(=O)Nc1ccc2c(c1)NC(=O)[C@H](C)CCC[C@H](NC(=O)/C=C/c1cc(Cl)ccc1N(N)/C=N\N)c1nc-2c[nH]1. The Balaban J connectivity index is 1.60. The van der Waals surface area contributed by atoms with Gasteiger partial charge in [0.05, 0.1) is 30.2 Å². The molecule has 3 amide bonds. The number of ether oxygens (including phenoxy) is 1. The number of aromatic nitrogens is 2. The highest BCUT2D eigenvalue weighted by atomic mass is 35.5. The first kappa shape index (κ1) is 30.1. The lowest BCUT2D eigenvalue weighted by Gasteiger charge is -2.19. The molecule has 3 aromatic rings. The smallest absolute Gasteiger partial charge is 0.411 e. The van der Waals surface area contributed by atoms with Crippen molar-refractivity contribution in [3.8, 4) is 11.3 Å². The van der Waals surface area contributed by atoms with Crippen molar-refractivity contribution in [2.45, 2.75) is 32.2 Å². The van der Waals surface area contributed by atoms with E-state index in [9.17, 15) is 14.4 Å². The van der Waals surface area contributed by atoms with E-state index >= 15 is 0 Å². The normalized spacial score (nSPS) is 17.1.